The highest BCUT2D eigenvalue weighted by molar-refractivity contribution is 6.31. The smallest absolute Gasteiger partial charge is 0.0579 e. The zero-order chi connectivity index (χ0) is 15.7. The Morgan fingerprint density at radius 1 is 1.05 bits per heavy atom. The van der Waals surface area contributed by atoms with E-state index in [0.29, 0.717) is 12.0 Å². The fraction of sp³-hybridized carbons (Fsp3) is 0.333. The minimum absolute atomic E-state index is 0.223. The summed E-state index contributed by atoms with van der Waals surface area (Å²) in [6, 6.07) is 14.6. The third-order valence-corrected chi connectivity index (χ3v) is 4.94. The molecular formula is C18H20Cl2N2. The molecule has 3 rings (SSSR count). The van der Waals surface area contributed by atoms with Gasteiger partial charge in [-0.25, -0.2) is 0 Å². The highest BCUT2D eigenvalue weighted by Gasteiger charge is 2.32. The van der Waals surface area contributed by atoms with E-state index in [1.54, 1.807) is 0 Å². The minimum Gasteiger partial charge on any atom is -0.382 e. The molecule has 3 atom stereocenters. The largest absolute Gasteiger partial charge is 0.382 e. The van der Waals surface area contributed by atoms with Gasteiger partial charge in [-0.3, -0.25) is 0 Å². The van der Waals surface area contributed by atoms with Crippen LogP contribution in [0.2, 0.25) is 10.0 Å². The molecule has 0 aromatic heterocycles. The molecule has 0 fully saturated rings. The lowest BCUT2D eigenvalue weighted by molar-refractivity contribution is 0.400. The van der Waals surface area contributed by atoms with E-state index in [0.717, 1.165) is 22.2 Å². The lowest BCUT2D eigenvalue weighted by atomic mass is 9.82. The van der Waals surface area contributed by atoms with Gasteiger partial charge in [-0.15, -0.1) is 0 Å². The summed E-state index contributed by atoms with van der Waals surface area (Å²) in [4.78, 5) is 0. The Morgan fingerprint density at radius 3 is 2.41 bits per heavy atom. The molecule has 2 aromatic carbocycles. The number of nitrogens with one attached hydrogen (secondary N) is 2. The molecule has 0 amide bonds. The van der Waals surface area contributed by atoms with Crippen molar-refractivity contribution >= 4 is 34.6 Å². The molecule has 2 N–H and O–H groups in total. The van der Waals surface area contributed by atoms with Gasteiger partial charge in [-0.1, -0.05) is 37.0 Å². The minimum atomic E-state index is 0.223. The Balaban J connectivity index is 1.96. The van der Waals surface area contributed by atoms with Gasteiger partial charge in [0, 0.05) is 33.4 Å². The first-order valence-electron chi connectivity index (χ1n) is 7.66. The van der Waals surface area contributed by atoms with Crippen molar-refractivity contribution in [2.45, 2.75) is 32.4 Å². The fourth-order valence-corrected chi connectivity index (χ4v) is 3.48. The van der Waals surface area contributed by atoms with E-state index < -0.39 is 0 Å². The van der Waals surface area contributed by atoms with Gasteiger partial charge in [0.05, 0.1) is 6.04 Å². The molecule has 1 heterocycles. The van der Waals surface area contributed by atoms with Crippen LogP contribution in [-0.4, -0.2) is 6.04 Å². The van der Waals surface area contributed by atoms with Crippen molar-refractivity contribution in [3.63, 3.8) is 0 Å². The van der Waals surface area contributed by atoms with Crippen molar-refractivity contribution in [3.05, 3.63) is 58.1 Å². The number of anilines is 2. The molecule has 1 aliphatic heterocycles. The first-order valence-corrected chi connectivity index (χ1v) is 8.42. The first-order chi connectivity index (χ1) is 10.6. The number of benzene rings is 2. The quantitative estimate of drug-likeness (QED) is 0.720. The molecule has 0 unspecified atom stereocenters. The normalized spacial score (nSPS) is 23.5. The van der Waals surface area contributed by atoms with Gasteiger partial charge < -0.3 is 10.6 Å². The second kappa shape index (κ2) is 6.39. The van der Waals surface area contributed by atoms with Crippen LogP contribution in [0.4, 0.5) is 11.4 Å². The van der Waals surface area contributed by atoms with Crippen LogP contribution < -0.4 is 10.6 Å². The standard InChI is InChI=1S/C18H20Cl2N2/c1-3-16-11(2)18(21-14-7-4-12(19)5-8-14)15-10-13(20)6-9-17(15)22-16/h4-11,16,18,21-22H,3H2,1-2H3/t11-,16+,18-/m1/s1. The highest BCUT2D eigenvalue weighted by Crippen LogP contribution is 2.40. The van der Waals surface area contributed by atoms with E-state index in [1.165, 1.54) is 11.3 Å². The Kier molecular flexibility index (Phi) is 4.51. The molecule has 22 heavy (non-hydrogen) atoms. The van der Waals surface area contributed by atoms with Gasteiger partial charge in [-0.05, 0) is 54.4 Å². The number of hydrogen-bond donors (Lipinski definition) is 2. The van der Waals surface area contributed by atoms with E-state index in [1.807, 2.05) is 30.3 Å². The molecule has 1 aliphatic rings. The summed E-state index contributed by atoms with van der Waals surface area (Å²) >= 11 is 12.2. The second-order valence-electron chi connectivity index (χ2n) is 5.88. The maximum Gasteiger partial charge on any atom is 0.0579 e. The summed E-state index contributed by atoms with van der Waals surface area (Å²) in [5.41, 5.74) is 3.46. The third kappa shape index (κ3) is 3.04. The highest BCUT2D eigenvalue weighted by atomic mass is 35.5. The van der Waals surface area contributed by atoms with Gasteiger partial charge in [0.15, 0.2) is 0 Å². The van der Waals surface area contributed by atoms with Crippen molar-refractivity contribution in [2.75, 3.05) is 10.6 Å². The number of hydrogen-bond acceptors (Lipinski definition) is 2. The van der Waals surface area contributed by atoms with E-state index in [2.05, 4.69) is 36.6 Å². The van der Waals surface area contributed by atoms with Crippen LogP contribution in [-0.2, 0) is 0 Å². The molecule has 0 spiro atoms. The van der Waals surface area contributed by atoms with Crippen LogP contribution >= 0.6 is 23.2 Å². The molecule has 2 nitrogen and oxygen atoms in total. The SMILES string of the molecule is CC[C@@H]1Nc2ccc(Cl)cc2[C@H](Nc2ccc(Cl)cc2)[C@@H]1C. The summed E-state index contributed by atoms with van der Waals surface area (Å²) in [5, 5.41) is 8.79. The zero-order valence-electron chi connectivity index (χ0n) is 12.7. The Bertz CT molecular complexity index is 655. The Hall–Kier alpha value is -1.38. The fourth-order valence-electron chi connectivity index (χ4n) is 3.18. The van der Waals surface area contributed by atoms with Gasteiger partial charge in [-0.2, -0.15) is 0 Å². The molecule has 0 saturated heterocycles. The summed E-state index contributed by atoms with van der Waals surface area (Å²) in [6.45, 7) is 4.49. The molecule has 116 valence electrons. The average Bonchev–Trinajstić information content (AvgIpc) is 2.52. The topological polar surface area (TPSA) is 24.1 Å². The van der Waals surface area contributed by atoms with Crippen LogP contribution in [0.25, 0.3) is 0 Å². The predicted molar refractivity (Wildman–Crippen MR) is 96.1 cm³/mol. The van der Waals surface area contributed by atoms with Crippen molar-refractivity contribution in [3.8, 4) is 0 Å². The maximum absolute atomic E-state index is 6.21. The number of rotatable bonds is 3. The molecular weight excluding hydrogens is 315 g/mol. The maximum atomic E-state index is 6.21. The van der Waals surface area contributed by atoms with Crippen LogP contribution in [0.5, 0.6) is 0 Å². The summed E-state index contributed by atoms with van der Waals surface area (Å²) in [7, 11) is 0. The first kappa shape index (κ1) is 15.5. The van der Waals surface area contributed by atoms with Gasteiger partial charge in [0.1, 0.15) is 0 Å². The summed E-state index contributed by atoms with van der Waals surface area (Å²) < 4.78 is 0. The summed E-state index contributed by atoms with van der Waals surface area (Å²) in [5.74, 6) is 0.451. The van der Waals surface area contributed by atoms with E-state index in [4.69, 9.17) is 23.2 Å². The molecule has 0 radical (unpaired) electrons. The van der Waals surface area contributed by atoms with Crippen molar-refractivity contribution in [1.82, 2.24) is 0 Å². The second-order valence-corrected chi connectivity index (χ2v) is 6.75. The van der Waals surface area contributed by atoms with Gasteiger partial charge in [0.2, 0.25) is 0 Å². The molecule has 2 aromatic rings. The van der Waals surface area contributed by atoms with Crippen molar-refractivity contribution in [2.24, 2.45) is 5.92 Å². The van der Waals surface area contributed by atoms with Crippen LogP contribution in [0, 0.1) is 5.92 Å². The molecule has 4 heteroatoms. The zero-order valence-corrected chi connectivity index (χ0v) is 14.2. The van der Waals surface area contributed by atoms with Gasteiger partial charge in [0.25, 0.3) is 0 Å². The Morgan fingerprint density at radius 2 is 1.73 bits per heavy atom. The van der Waals surface area contributed by atoms with Crippen LogP contribution in [0.15, 0.2) is 42.5 Å². The van der Waals surface area contributed by atoms with Gasteiger partial charge >= 0.3 is 0 Å². The number of fused-ring (bicyclic) bond motifs is 1. The van der Waals surface area contributed by atoms with E-state index in [-0.39, 0.29) is 6.04 Å². The predicted octanol–water partition coefficient (Wildman–Crippen LogP) is 5.99. The van der Waals surface area contributed by atoms with Crippen LogP contribution in [0.1, 0.15) is 31.9 Å². The van der Waals surface area contributed by atoms with Crippen LogP contribution in [0.3, 0.4) is 0 Å². The average molecular weight is 335 g/mol. The van der Waals surface area contributed by atoms with Crippen molar-refractivity contribution < 1.29 is 0 Å². The Labute approximate surface area is 141 Å². The third-order valence-electron chi connectivity index (χ3n) is 4.46. The van der Waals surface area contributed by atoms with E-state index >= 15 is 0 Å². The molecule has 0 aliphatic carbocycles. The number of halogens is 2. The van der Waals surface area contributed by atoms with Crippen molar-refractivity contribution in [1.29, 1.82) is 0 Å². The molecule has 0 saturated carbocycles. The van der Waals surface area contributed by atoms with E-state index in [9.17, 15) is 0 Å². The lowest BCUT2D eigenvalue weighted by Crippen LogP contribution is -2.38. The monoisotopic (exact) mass is 334 g/mol. The summed E-state index contributed by atoms with van der Waals surface area (Å²) in [6.07, 6.45) is 1.09. The molecule has 0 bridgehead atoms. The lowest BCUT2D eigenvalue weighted by Gasteiger charge is -2.39.